The van der Waals surface area contributed by atoms with Crippen LogP contribution in [0.5, 0.6) is 0 Å². The molecule has 3 N–H and O–H groups in total. The van der Waals surface area contributed by atoms with E-state index in [1.54, 1.807) is 0 Å². The molecule has 0 saturated carbocycles. The smallest absolute Gasteiger partial charge is 0.221 e. The van der Waals surface area contributed by atoms with E-state index in [0.29, 0.717) is 12.0 Å². The number of aromatic amines is 1. The van der Waals surface area contributed by atoms with Crippen molar-refractivity contribution in [1.29, 1.82) is 0 Å². The molecule has 3 atom stereocenters. The highest BCUT2D eigenvalue weighted by Crippen LogP contribution is 2.44. The van der Waals surface area contributed by atoms with Gasteiger partial charge in [-0.1, -0.05) is 18.2 Å². The number of carbonyl (C=O) groups is 1. The van der Waals surface area contributed by atoms with Gasteiger partial charge in [-0.25, -0.2) is 0 Å². The highest BCUT2D eigenvalue weighted by Gasteiger charge is 2.41. The summed E-state index contributed by atoms with van der Waals surface area (Å²) in [6.45, 7) is 5.43. The van der Waals surface area contributed by atoms with Crippen molar-refractivity contribution < 1.29 is 4.79 Å². The fourth-order valence-corrected chi connectivity index (χ4v) is 4.38. The summed E-state index contributed by atoms with van der Waals surface area (Å²) >= 11 is 0. The number of amides is 1. The van der Waals surface area contributed by atoms with Crippen molar-refractivity contribution in [2.75, 3.05) is 13.1 Å². The monoisotopic (exact) mass is 295 g/mol. The molecule has 1 aromatic heterocycles. The van der Waals surface area contributed by atoms with Crippen molar-refractivity contribution in [3.63, 3.8) is 0 Å². The number of fused-ring (bicyclic) bond motifs is 2. The summed E-state index contributed by atoms with van der Waals surface area (Å²) in [6, 6.07) is 6.87. The van der Waals surface area contributed by atoms with E-state index in [9.17, 15) is 4.79 Å². The molecule has 22 heavy (non-hydrogen) atoms. The van der Waals surface area contributed by atoms with E-state index in [4.69, 9.17) is 5.73 Å². The molecular formula is C18H21N3O. The van der Waals surface area contributed by atoms with Crippen molar-refractivity contribution >= 4 is 16.8 Å². The molecule has 1 fully saturated rings. The standard InChI is InChI=1S/C18H21N3O/c1-2-6-21-10-12(18(19)22)7-14-13-4-3-5-15-17(13)11(9-20-15)8-16(14)21/h2-5,9,12,14,16,20H,1,6-8,10H2,(H2,19,22)/t12?,14-,16-/m1/s1. The van der Waals surface area contributed by atoms with Crippen LogP contribution in [0.4, 0.5) is 0 Å². The van der Waals surface area contributed by atoms with E-state index >= 15 is 0 Å². The van der Waals surface area contributed by atoms with Crippen LogP contribution in [-0.4, -0.2) is 34.9 Å². The van der Waals surface area contributed by atoms with Crippen molar-refractivity contribution in [3.05, 3.63) is 48.2 Å². The number of hydrogen-bond acceptors (Lipinski definition) is 2. The minimum Gasteiger partial charge on any atom is -0.369 e. The van der Waals surface area contributed by atoms with Gasteiger partial charge in [0.15, 0.2) is 0 Å². The van der Waals surface area contributed by atoms with Gasteiger partial charge in [-0.2, -0.15) is 0 Å². The number of H-pyrrole nitrogens is 1. The van der Waals surface area contributed by atoms with E-state index in [0.717, 1.165) is 25.9 Å². The largest absolute Gasteiger partial charge is 0.369 e. The third-order valence-electron chi connectivity index (χ3n) is 5.34. The zero-order valence-corrected chi connectivity index (χ0v) is 12.6. The van der Waals surface area contributed by atoms with E-state index in [1.807, 2.05) is 6.08 Å². The number of nitrogens with one attached hydrogen (secondary N) is 1. The summed E-state index contributed by atoms with van der Waals surface area (Å²) < 4.78 is 0. The summed E-state index contributed by atoms with van der Waals surface area (Å²) in [5, 5.41) is 1.35. The maximum Gasteiger partial charge on any atom is 0.221 e. The van der Waals surface area contributed by atoms with E-state index in [-0.39, 0.29) is 11.8 Å². The summed E-state index contributed by atoms with van der Waals surface area (Å²) in [7, 11) is 0. The Bertz CT molecular complexity index is 748. The molecule has 1 aliphatic carbocycles. The lowest BCUT2D eigenvalue weighted by Crippen LogP contribution is -2.52. The van der Waals surface area contributed by atoms with E-state index < -0.39 is 0 Å². The Morgan fingerprint density at radius 3 is 3.14 bits per heavy atom. The van der Waals surface area contributed by atoms with Crippen molar-refractivity contribution in [3.8, 4) is 0 Å². The van der Waals surface area contributed by atoms with Gasteiger partial charge < -0.3 is 10.7 Å². The Kier molecular flexibility index (Phi) is 3.08. The predicted octanol–water partition coefficient (Wildman–Crippen LogP) is 2.17. The number of hydrogen-bond donors (Lipinski definition) is 2. The third-order valence-corrected chi connectivity index (χ3v) is 5.34. The number of carbonyl (C=O) groups excluding carboxylic acids is 1. The second-order valence-electron chi connectivity index (χ2n) is 6.54. The molecule has 2 aromatic rings. The molecule has 1 amide bonds. The molecule has 1 aromatic carbocycles. The Labute approximate surface area is 130 Å². The van der Waals surface area contributed by atoms with Crippen LogP contribution in [0.1, 0.15) is 23.5 Å². The summed E-state index contributed by atoms with van der Waals surface area (Å²) in [6.07, 6.45) is 5.95. The quantitative estimate of drug-likeness (QED) is 0.853. The van der Waals surface area contributed by atoms with Gasteiger partial charge in [0.25, 0.3) is 0 Å². The molecule has 2 aliphatic rings. The minimum absolute atomic E-state index is 0.0723. The number of nitrogens with two attached hydrogens (primary N) is 1. The number of primary amides is 1. The molecule has 1 unspecified atom stereocenters. The summed E-state index contributed by atoms with van der Waals surface area (Å²) in [5.74, 6) is 0.120. The topological polar surface area (TPSA) is 62.1 Å². The number of benzene rings is 1. The predicted molar refractivity (Wildman–Crippen MR) is 87.6 cm³/mol. The fourth-order valence-electron chi connectivity index (χ4n) is 4.38. The Morgan fingerprint density at radius 2 is 2.36 bits per heavy atom. The Hall–Kier alpha value is -2.07. The van der Waals surface area contributed by atoms with Crippen LogP contribution in [0, 0.1) is 5.92 Å². The zero-order valence-electron chi connectivity index (χ0n) is 12.6. The minimum atomic E-state index is -0.181. The molecule has 0 spiro atoms. The van der Waals surface area contributed by atoms with Crippen LogP contribution in [0.3, 0.4) is 0 Å². The first-order chi connectivity index (χ1) is 10.7. The summed E-state index contributed by atoms with van der Waals surface area (Å²) in [4.78, 5) is 17.5. The van der Waals surface area contributed by atoms with Crippen LogP contribution in [-0.2, 0) is 11.2 Å². The molecule has 0 radical (unpaired) electrons. The van der Waals surface area contributed by atoms with Crippen molar-refractivity contribution in [1.82, 2.24) is 9.88 Å². The molecular weight excluding hydrogens is 274 g/mol. The first kappa shape index (κ1) is 13.6. The number of rotatable bonds is 3. The van der Waals surface area contributed by atoms with E-state index in [2.05, 4.69) is 40.9 Å². The van der Waals surface area contributed by atoms with Crippen LogP contribution in [0.15, 0.2) is 37.1 Å². The zero-order chi connectivity index (χ0) is 15.3. The second kappa shape index (κ2) is 4.99. The van der Waals surface area contributed by atoms with Gasteiger partial charge in [-0.05, 0) is 30.0 Å². The van der Waals surface area contributed by atoms with Crippen LogP contribution in [0.2, 0.25) is 0 Å². The second-order valence-corrected chi connectivity index (χ2v) is 6.54. The van der Waals surface area contributed by atoms with Gasteiger partial charge in [0.1, 0.15) is 0 Å². The lowest BCUT2D eigenvalue weighted by molar-refractivity contribution is -0.124. The average Bonchev–Trinajstić information content (AvgIpc) is 2.93. The highest BCUT2D eigenvalue weighted by molar-refractivity contribution is 5.88. The van der Waals surface area contributed by atoms with Crippen molar-refractivity contribution in [2.24, 2.45) is 11.7 Å². The number of piperidine rings is 1. The van der Waals surface area contributed by atoms with Crippen LogP contribution in [0.25, 0.3) is 10.9 Å². The number of aromatic nitrogens is 1. The summed E-state index contributed by atoms with van der Waals surface area (Å²) in [5.41, 5.74) is 9.57. The van der Waals surface area contributed by atoms with Gasteiger partial charge in [0.05, 0.1) is 5.92 Å². The van der Waals surface area contributed by atoms with Gasteiger partial charge in [0, 0.05) is 42.1 Å². The fraction of sp³-hybridized carbons (Fsp3) is 0.389. The number of likely N-dealkylation sites (tertiary alicyclic amines) is 1. The molecule has 1 saturated heterocycles. The van der Waals surface area contributed by atoms with Gasteiger partial charge >= 0.3 is 0 Å². The first-order valence-corrected chi connectivity index (χ1v) is 7.92. The van der Waals surface area contributed by atoms with Gasteiger partial charge in [0.2, 0.25) is 5.91 Å². The molecule has 4 nitrogen and oxygen atoms in total. The maximum atomic E-state index is 11.8. The first-order valence-electron chi connectivity index (χ1n) is 7.92. The molecule has 4 rings (SSSR count). The van der Waals surface area contributed by atoms with Crippen LogP contribution >= 0.6 is 0 Å². The normalized spacial score (nSPS) is 27.5. The van der Waals surface area contributed by atoms with Gasteiger partial charge in [-0.15, -0.1) is 6.58 Å². The van der Waals surface area contributed by atoms with E-state index in [1.165, 1.54) is 22.0 Å². The lowest BCUT2D eigenvalue weighted by Gasteiger charge is -2.46. The Morgan fingerprint density at radius 1 is 1.50 bits per heavy atom. The van der Waals surface area contributed by atoms with Gasteiger partial charge in [-0.3, -0.25) is 9.69 Å². The Balaban J connectivity index is 1.82. The van der Waals surface area contributed by atoms with Crippen LogP contribution < -0.4 is 5.73 Å². The highest BCUT2D eigenvalue weighted by atomic mass is 16.1. The number of nitrogens with zero attached hydrogens (tertiary/aromatic N) is 1. The maximum absolute atomic E-state index is 11.8. The molecule has 0 bridgehead atoms. The molecule has 1 aliphatic heterocycles. The molecule has 4 heteroatoms. The van der Waals surface area contributed by atoms with Crippen molar-refractivity contribution in [2.45, 2.75) is 24.8 Å². The molecule has 2 heterocycles. The lowest BCUT2D eigenvalue weighted by atomic mass is 9.72. The average molecular weight is 295 g/mol. The third kappa shape index (κ3) is 1.91. The SMILES string of the molecule is C=CCN1CC(C(N)=O)C[C@@H]2c3cccc4[nH]cc(c34)C[C@H]21. The molecule has 114 valence electrons.